The SMILES string of the molecule is C[C@H]1[C@@H](Nc2ncnc3c2ncn3C2CC2)CCS1(=O)=O. The summed E-state index contributed by atoms with van der Waals surface area (Å²) < 4.78 is 25.8. The molecule has 1 aliphatic heterocycles. The number of nitrogens with zero attached hydrogens (tertiary/aromatic N) is 4. The molecule has 21 heavy (non-hydrogen) atoms. The molecule has 0 bridgehead atoms. The minimum absolute atomic E-state index is 0.112. The third-order valence-corrected chi connectivity index (χ3v) is 6.73. The van der Waals surface area contributed by atoms with Crippen molar-refractivity contribution in [3.8, 4) is 0 Å². The molecule has 112 valence electrons. The van der Waals surface area contributed by atoms with Gasteiger partial charge in [-0.25, -0.2) is 23.4 Å². The molecular formula is C13H17N5O2S. The third-order valence-electron chi connectivity index (χ3n) is 4.47. The summed E-state index contributed by atoms with van der Waals surface area (Å²) in [5, 5.41) is 2.86. The number of hydrogen-bond acceptors (Lipinski definition) is 6. The number of hydrogen-bond donors (Lipinski definition) is 1. The summed E-state index contributed by atoms with van der Waals surface area (Å²) in [4.78, 5) is 13.0. The lowest BCUT2D eigenvalue weighted by Gasteiger charge is -2.16. The second-order valence-corrected chi connectivity index (χ2v) is 8.37. The highest BCUT2D eigenvalue weighted by molar-refractivity contribution is 7.92. The predicted molar refractivity (Wildman–Crippen MR) is 78.9 cm³/mol. The highest BCUT2D eigenvalue weighted by Crippen LogP contribution is 2.37. The van der Waals surface area contributed by atoms with Crippen molar-refractivity contribution in [1.82, 2.24) is 19.5 Å². The molecule has 1 N–H and O–H groups in total. The fourth-order valence-corrected chi connectivity index (χ4v) is 4.56. The zero-order valence-electron chi connectivity index (χ0n) is 11.7. The number of nitrogens with one attached hydrogen (secondary N) is 1. The van der Waals surface area contributed by atoms with E-state index in [1.54, 1.807) is 13.3 Å². The number of fused-ring (bicyclic) bond motifs is 1. The van der Waals surface area contributed by atoms with Gasteiger partial charge < -0.3 is 9.88 Å². The summed E-state index contributed by atoms with van der Waals surface area (Å²) in [7, 11) is -2.98. The molecule has 1 aliphatic carbocycles. The Kier molecular flexibility index (Phi) is 2.72. The summed E-state index contributed by atoms with van der Waals surface area (Å²) >= 11 is 0. The minimum Gasteiger partial charge on any atom is -0.364 e. The summed E-state index contributed by atoms with van der Waals surface area (Å²) in [5.74, 6) is 0.865. The molecule has 0 aromatic carbocycles. The van der Waals surface area contributed by atoms with E-state index in [0.717, 1.165) is 24.0 Å². The van der Waals surface area contributed by atoms with E-state index >= 15 is 0 Å². The van der Waals surface area contributed by atoms with E-state index in [1.807, 2.05) is 0 Å². The maximum absolute atomic E-state index is 11.8. The van der Waals surface area contributed by atoms with Crippen LogP contribution in [0.25, 0.3) is 11.2 Å². The smallest absolute Gasteiger partial charge is 0.165 e. The van der Waals surface area contributed by atoms with Gasteiger partial charge in [-0.15, -0.1) is 0 Å². The first-order chi connectivity index (χ1) is 10.1. The van der Waals surface area contributed by atoms with Gasteiger partial charge in [-0.05, 0) is 26.2 Å². The molecule has 0 spiro atoms. The minimum atomic E-state index is -2.98. The van der Waals surface area contributed by atoms with Gasteiger partial charge in [0.25, 0.3) is 0 Å². The number of rotatable bonds is 3. The fraction of sp³-hybridized carbons (Fsp3) is 0.615. The average Bonchev–Trinajstić information content (AvgIpc) is 3.16. The van der Waals surface area contributed by atoms with Gasteiger partial charge in [-0.3, -0.25) is 0 Å². The number of imidazole rings is 1. The Labute approximate surface area is 122 Å². The summed E-state index contributed by atoms with van der Waals surface area (Å²) in [6.45, 7) is 1.75. The van der Waals surface area contributed by atoms with Crippen molar-refractivity contribution in [2.24, 2.45) is 0 Å². The largest absolute Gasteiger partial charge is 0.364 e. The topological polar surface area (TPSA) is 89.8 Å². The van der Waals surface area contributed by atoms with Crippen LogP contribution in [-0.4, -0.2) is 45.0 Å². The Hall–Kier alpha value is -1.70. The quantitative estimate of drug-likeness (QED) is 0.915. The van der Waals surface area contributed by atoms with Crippen LogP contribution >= 0.6 is 0 Å². The molecule has 8 heteroatoms. The second-order valence-electron chi connectivity index (χ2n) is 5.89. The van der Waals surface area contributed by atoms with Crippen LogP contribution < -0.4 is 5.32 Å². The lowest BCUT2D eigenvalue weighted by atomic mass is 10.2. The van der Waals surface area contributed by atoms with Crippen LogP contribution in [0.3, 0.4) is 0 Å². The zero-order valence-corrected chi connectivity index (χ0v) is 12.5. The molecule has 3 heterocycles. The second kappa shape index (κ2) is 4.40. The molecule has 2 aliphatic rings. The number of anilines is 1. The molecule has 0 unspecified atom stereocenters. The average molecular weight is 307 g/mol. The first kappa shape index (κ1) is 13.0. The Morgan fingerprint density at radius 1 is 1.24 bits per heavy atom. The monoisotopic (exact) mass is 307 g/mol. The molecule has 1 saturated carbocycles. The lowest BCUT2D eigenvalue weighted by molar-refractivity contribution is 0.590. The van der Waals surface area contributed by atoms with E-state index in [2.05, 4.69) is 24.8 Å². The molecule has 2 atom stereocenters. The van der Waals surface area contributed by atoms with Gasteiger partial charge in [0.05, 0.1) is 17.3 Å². The lowest BCUT2D eigenvalue weighted by Crippen LogP contribution is -2.30. The predicted octanol–water partition coefficient (Wildman–Crippen LogP) is 1.15. The van der Waals surface area contributed by atoms with Crippen molar-refractivity contribution in [3.63, 3.8) is 0 Å². The van der Waals surface area contributed by atoms with Crippen molar-refractivity contribution < 1.29 is 8.42 Å². The van der Waals surface area contributed by atoms with E-state index < -0.39 is 15.1 Å². The van der Waals surface area contributed by atoms with Crippen molar-refractivity contribution >= 4 is 26.8 Å². The highest BCUT2D eigenvalue weighted by atomic mass is 32.2. The van der Waals surface area contributed by atoms with Gasteiger partial charge in [-0.2, -0.15) is 0 Å². The molecule has 0 radical (unpaired) electrons. The molecule has 2 aromatic rings. The van der Waals surface area contributed by atoms with Crippen molar-refractivity contribution in [3.05, 3.63) is 12.7 Å². The van der Waals surface area contributed by atoms with E-state index in [1.165, 1.54) is 6.33 Å². The zero-order chi connectivity index (χ0) is 14.6. The molecule has 2 fully saturated rings. The number of aromatic nitrogens is 4. The van der Waals surface area contributed by atoms with Crippen LogP contribution in [0.4, 0.5) is 5.82 Å². The standard InChI is InChI=1S/C13H17N5O2S/c1-8-10(4-5-21(8,19)20)17-12-11-13(15-6-14-12)18(7-16-11)9-2-3-9/h6-10H,2-5H2,1H3,(H,14,15,17)/t8-,10-/m0/s1. The van der Waals surface area contributed by atoms with Gasteiger partial charge in [0.2, 0.25) is 0 Å². The van der Waals surface area contributed by atoms with Crippen molar-refractivity contribution in [2.75, 3.05) is 11.1 Å². The highest BCUT2D eigenvalue weighted by Gasteiger charge is 2.37. The maximum Gasteiger partial charge on any atom is 0.165 e. The molecular weight excluding hydrogens is 290 g/mol. The Balaban J connectivity index is 1.68. The molecule has 7 nitrogen and oxygen atoms in total. The molecule has 2 aromatic heterocycles. The van der Waals surface area contributed by atoms with Gasteiger partial charge in [0.15, 0.2) is 21.3 Å². The normalized spacial score (nSPS) is 28.0. The van der Waals surface area contributed by atoms with E-state index in [4.69, 9.17) is 0 Å². The molecule has 4 rings (SSSR count). The van der Waals surface area contributed by atoms with E-state index in [9.17, 15) is 8.42 Å². The van der Waals surface area contributed by atoms with Gasteiger partial charge in [0, 0.05) is 12.1 Å². The van der Waals surface area contributed by atoms with E-state index in [0.29, 0.717) is 18.3 Å². The van der Waals surface area contributed by atoms with Crippen LogP contribution in [0.5, 0.6) is 0 Å². The van der Waals surface area contributed by atoms with Crippen molar-refractivity contribution in [2.45, 2.75) is 43.5 Å². The van der Waals surface area contributed by atoms with Gasteiger partial charge >= 0.3 is 0 Å². The van der Waals surface area contributed by atoms with Crippen LogP contribution in [-0.2, 0) is 9.84 Å². The van der Waals surface area contributed by atoms with Crippen LogP contribution in [0.1, 0.15) is 32.2 Å². The first-order valence-electron chi connectivity index (χ1n) is 7.22. The first-order valence-corrected chi connectivity index (χ1v) is 8.93. The summed E-state index contributed by atoms with van der Waals surface area (Å²) in [5.41, 5.74) is 1.55. The number of sulfone groups is 1. The fourth-order valence-electron chi connectivity index (χ4n) is 2.90. The Morgan fingerprint density at radius 3 is 2.71 bits per heavy atom. The van der Waals surface area contributed by atoms with Crippen LogP contribution in [0.15, 0.2) is 12.7 Å². The maximum atomic E-state index is 11.8. The van der Waals surface area contributed by atoms with Crippen LogP contribution in [0, 0.1) is 0 Å². The van der Waals surface area contributed by atoms with Gasteiger partial charge in [-0.1, -0.05) is 0 Å². The Morgan fingerprint density at radius 2 is 2.05 bits per heavy atom. The van der Waals surface area contributed by atoms with Gasteiger partial charge in [0.1, 0.15) is 11.8 Å². The molecule has 1 saturated heterocycles. The third kappa shape index (κ3) is 2.08. The summed E-state index contributed by atoms with van der Waals surface area (Å²) in [6, 6.07) is 0.391. The van der Waals surface area contributed by atoms with E-state index in [-0.39, 0.29) is 11.8 Å². The molecule has 0 amide bonds. The van der Waals surface area contributed by atoms with Crippen molar-refractivity contribution in [1.29, 1.82) is 0 Å². The summed E-state index contributed by atoms with van der Waals surface area (Å²) in [6.07, 6.45) is 6.25. The Bertz CT molecular complexity index is 796. The van der Waals surface area contributed by atoms with Crippen LogP contribution in [0.2, 0.25) is 0 Å².